The van der Waals surface area contributed by atoms with Crippen LogP contribution in [0.2, 0.25) is 0 Å². The van der Waals surface area contributed by atoms with Crippen molar-refractivity contribution in [2.45, 2.75) is 31.0 Å². The number of carbonyl (C=O) groups is 3. The Hall–Kier alpha value is -2.00. The molecule has 2 heterocycles. The highest BCUT2D eigenvalue weighted by molar-refractivity contribution is 7.98. The number of hydrogen-bond donors (Lipinski definition) is 1. The van der Waals surface area contributed by atoms with Gasteiger partial charge >= 0.3 is 0 Å². The monoisotopic (exact) mass is 338 g/mol. The lowest BCUT2D eigenvalue weighted by Gasteiger charge is -2.27. The second-order valence-corrected chi connectivity index (χ2v) is 5.82. The molecule has 9 heteroatoms. The number of nitrogens with zero attached hydrogens (tertiary/aromatic N) is 4. The summed E-state index contributed by atoms with van der Waals surface area (Å²) in [5.41, 5.74) is 0.200. The summed E-state index contributed by atoms with van der Waals surface area (Å²) in [4.78, 5) is 44.4. The molecule has 0 aromatic carbocycles. The molecule has 8 nitrogen and oxygen atoms in total. The molecule has 23 heavy (non-hydrogen) atoms. The Bertz CT molecular complexity index is 623. The lowest BCUT2D eigenvalue weighted by atomic mass is 10.2. The average molecular weight is 338 g/mol. The van der Waals surface area contributed by atoms with E-state index in [-0.39, 0.29) is 5.69 Å². The smallest absolute Gasteiger partial charge is 0.291 e. The van der Waals surface area contributed by atoms with Gasteiger partial charge in [-0.3, -0.25) is 19.4 Å². The van der Waals surface area contributed by atoms with Crippen LogP contribution in [0.3, 0.4) is 0 Å². The zero-order valence-corrected chi connectivity index (χ0v) is 13.7. The van der Waals surface area contributed by atoms with Crippen LogP contribution in [0.25, 0.3) is 0 Å². The number of rotatable bonds is 5. The summed E-state index contributed by atoms with van der Waals surface area (Å²) in [6.45, 7) is 2.05. The van der Waals surface area contributed by atoms with Crippen molar-refractivity contribution in [3.8, 4) is 0 Å². The minimum atomic E-state index is -1.20. The first-order valence-electron chi connectivity index (χ1n) is 7.14. The lowest BCUT2D eigenvalue weighted by molar-refractivity contribution is -0.145. The molecule has 1 atom stereocenters. The summed E-state index contributed by atoms with van der Waals surface area (Å²) < 4.78 is 0. The van der Waals surface area contributed by atoms with Crippen LogP contribution in [0.5, 0.6) is 0 Å². The van der Waals surface area contributed by atoms with E-state index in [0.717, 1.165) is 0 Å². The van der Waals surface area contributed by atoms with Gasteiger partial charge in [-0.15, -0.1) is 0 Å². The molecule has 2 amide bonds. The van der Waals surface area contributed by atoms with E-state index in [0.29, 0.717) is 24.7 Å². The molecule has 1 aliphatic heterocycles. The lowest BCUT2D eigenvalue weighted by Crippen LogP contribution is -2.46. The van der Waals surface area contributed by atoms with Crippen LogP contribution >= 0.6 is 11.8 Å². The molecule has 0 bridgehead atoms. The van der Waals surface area contributed by atoms with Crippen LogP contribution in [0.1, 0.15) is 30.3 Å². The number of Topliss-reactive ketones (excluding diaryl/α,β-unsaturated/α-hetero) is 1. The van der Waals surface area contributed by atoms with Crippen molar-refractivity contribution < 1.29 is 19.5 Å². The van der Waals surface area contributed by atoms with Gasteiger partial charge in [0.2, 0.25) is 5.91 Å². The van der Waals surface area contributed by atoms with E-state index in [4.69, 9.17) is 0 Å². The number of carbonyl (C=O) groups excluding carboxylic acids is 3. The third-order valence-corrected chi connectivity index (χ3v) is 3.94. The number of ketones is 1. The molecule has 124 valence electrons. The van der Waals surface area contributed by atoms with E-state index in [2.05, 4.69) is 9.97 Å². The highest BCUT2D eigenvalue weighted by Gasteiger charge is 2.33. The summed E-state index contributed by atoms with van der Waals surface area (Å²) in [5, 5.41) is 12.2. The summed E-state index contributed by atoms with van der Waals surface area (Å²) in [7, 11) is 0. The first kappa shape index (κ1) is 17.4. The predicted molar refractivity (Wildman–Crippen MR) is 82.5 cm³/mol. The Morgan fingerprint density at radius 2 is 2.04 bits per heavy atom. The van der Waals surface area contributed by atoms with Crippen molar-refractivity contribution >= 4 is 29.4 Å². The molecule has 0 saturated carbocycles. The van der Waals surface area contributed by atoms with Gasteiger partial charge in [0.05, 0.1) is 6.42 Å². The van der Waals surface area contributed by atoms with Crippen molar-refractivity contribution in [2.75, 3.05) is 19.3 Å². The van der Waals surface area contributed by atoms with E-state index in [1.54, 1.807) is 6.26 Å². The van der Waals surface area contributed by atoms with Crippen molar-refractivity contribution in [1.82, 2.24) is 20.0 Å². The maximum Gasteiger partial charge on any atom is 0.291 e. The molecular formula is C14H18N4O4S. The summed E-state index contributed by atoms with van der Waals surface area (Å²) >= 11 is 1.32. The number of aromatic nitrogens is 2. The highest BCUT2D eigenvalue weighted by atomic mass is 32.2. The Kier molecular flexibility index (Phi) is 5.67. The van der Waals surface area contributed by atoms with Crippen molar-refractivity contribution in [3.63, 3.8) is 0 Å². The molecule has 1 N–H and O–H groups in total. The van der Waals surface area contributed by atoms with E-state index < -0.39 is 30.1 Å². The fourth-order valence-electron chi connectivity index (χ4n) is 2.16. The largest absolute Gasteiger partial charge is 0.386 e. The molecule has 0 spiro atoms. The first-order valence-corrected chi connectivity index (χ1v) is 8.36. The SMILES string of the molecule is CSc1nccc(C(=O)N2CCCN2C(=O)CC(=O)C(C)O)n1. The first-order chi connectivity index (χ1) is 10.9. The molecule has 2 rings (SSSR count). The number of hydrazine groups is 1. The zero-order valence-electron chi connectivity index (χ0n) is 12.9. The Morgan fingerprint density at radius 1 is 1.35 bits per heavy atom. The van der Waals surface area contributed by atoms with E-state index >= 15 is 0 Å². The molecule has 0 aliphatic carbocycles. The normalized spacial score (nSPS) is 15.6. The summed E-state index contributed by atoms with van der Waals surface area (Å²) in [6.07, 6.45) is 2.29. The molecule has 1 unspecified atom stereocenters. The second kappa shape index (κ2) is 7.51. The van der Waals surface area contributed by atoms with E-state index in [1.165, 1.54) is 41.0 Å². The number of aliphatic hydroxyl groups excluding tert-OH is 1. The van der Waals surface area contributed by atoms with Crippen LogP contribution in [0.4, 0.5) is 0 Å². The molecule has 1 saturated heterocycles. The summed E-state index contributed by atoms with van der Waals surface area (Å²) in [6, 6.07) is 1.49. The molecular weight excluding hydrogens is 320 g/mol. The zero-order chi connectivity index (χ0) is 17.0. The van der Waals surface area contributed by atoms with Gasteiger partial charge in [-0.1, -0.05) is 11.8 Å². The predicted octanol–water partition coefficient (Wildman–Crippen LogP) is 0.128. The van der Waals surface area contributed by atoms with Crippen LogP contribution < -0.4 is 0 Å². The third kappa shape index (κ3) is 4.05. The van der Waals surface area contributed by atoms with Crippen LogP contribution in [0.15, 0.2) is 17.4 Å². The topological polar surface area (TPSA) is 104 Å². The van der Waals surface area contributed by atoms with Gasteiger partial charge in [0, 0.05) is 19.3 Å². The fourth-order valence-corrected chi connectivity index (χ4v) is 2.52. The van der Waals surface area contributed by atoms with Gasteiger partial charge < -0.3 is 5.11 Å². The van der Waals surface area contributed by atoms with Gasteiger partial charge in [-0.25, -0.2) is 15.0 Å². The Morgan fingerprint density at radius 3 is 2.70 bits per heavy atom. The van der Waals surface area contributed by atoms with E-state index in [9.17, 15) is 19.5 Å². The Labute approximate surface area is 137 Å². The average Bonchev–Trinajstić information content (AvgIpc) is 3.03. The third-order valence-electron chi connectivity index (χ3n) is 3.38. The van der Waals surface area contributed by atoms with Crippen LogP contribution in [0, 0.1) is 0 Å². The van der Waals surface area contributed by atoms with Crippen molar-refractivity contribution in [1.29, 1.82) is 0 Å². The fraction of sp³-hybridized carbons (Fsp3) is 0.500. The maximum atomic E-state index is 12.5. The van der Waals surface area contributed by atoms with E-state index in [1.807, 2.05) is 0 Å². The van der Waals surface area contributed by atoms with Crippen molar-refractivity contribution in [3.05, 3.63) is 18.0 Å². The molecule has 1 aromatic rings. The van der Waals surface area contributed by atoms with Gasteiger partial charge in [-0.05, 0) is 25.7 Å². The Balaban J connectivity index is 2.12. The highest BCUT2D eigenvalue weighted by Crippen LogP contribution is 2.17. The van der Waals surface area contributed by atoms with Gasteiger partial charge in [0.25, 0.3) is 5.91 Å². The maximum absolute atomic E-state index is 12.5. The van der Waals surface area contributed by atoms with Gasteiger partial charge in [0.15, 0.2) is 10.9 Å². The standard InChI is InChI=1S/C14H18N4O4S/c1-9(19)11(20)8-12(21)17-6-3-7-18(17)13(22)10-4-5-15-14(16-10)23-2/h4-5,9,19H,3,6-8H2,1-2H3. The second-order valence-electron chi connectivity index (χ2n) is 5.05. The van der Waals surface area contributed by atoms with Gasteiger partial charge in [0.1, 0.15) is 11.8 Å². The number of thioether (sulfide) groups is 1. The minimum absolute atomic E-state index is 0.200. The number of hydrogen-bond acceptors (Lipinski definition) is 7. The van der Waals surface area contributed by atoms with Crippen molar-refractivity contribution in [2.24, 2.45) is 0 Å². The molecule has 1 aliphatic rings. The minimum Gasteiger partial charge on any atom is -0.386 e. The molecule has 1 fully saturated rings. The van der Waals surface area contributed by atoms with Crippen LogP contribution in [-0.4, -0.2) is 68.1 Å². The molecule has 0 radical (unpaired) electrons. The molecule has 1 aromatic heterocycles. The quantitative estimate of drug-likeness (QED) is 0.462. The summed E-state index contributed by atoms with van der Waals surface area (Å²) in [5.74, 6) is -1.47. The number of amides is 2. The van der Waals surface area contributed by atoms with Crippen LogP contribution in [-0.2, 0) is 9.59 Å². The van der Waals surface area contributed by atoms with Gasteiger partial charge in [-0.2, -0.15) is 0 Å². The number of aliphatic hydroxyl groups is 1.